The fourth-order valence-corrected chi connectivity index (χ4v) is 4.25. The van der Waals surface area contributed by atoms with Crippen molar-refractivity contribution in [3.63, 3.8) is 0 Å². The van der Waals surface area contributed by atoms with Gasteiger partial charge in [0.15, 0.2) is 20.0 Å². The van der Waals surface area contributed by atoms with Crippen LogP contribution in [0.25, 0.3) is 0 Å². The molecule has 0 spiro atoms. The van der Waals surface area contributed by atoms with Crippen LogP contribution < -0.4 is 11.4 Å². The highest BCUT2D eigenvalue weighted by Crippen LogP contribution is 2.45. The first-order chi connectivity index (χ1) is 11.9. The molecule has 0 saturated carbocycles. The van der Waals surface area contributed by atoms with Crippen LogP contribution in [0.1, 0.15) is 46.8 Å². The molecule has 1 aliphatic rings. The van der Waals surface area contributed by atoms with Crippen LogP contribution in [0, 0.1) is 5.82 Å². The summed E-state index contributed by atoms with van der Waals surface area (Å²) < 4.78 is 27.5. The molecule has 9 heteroatoms. The van der Waals surface area contributed by atoms with E-state index in [4.69, 9.17) is 14.9 Å². The highest BCUT2D eigenvalue weighted by Gasteiger charge is 2.52. The molecule has 1 fully saturated rings. The summed E-state index contributed by atoms with van der Waals surface area (Å²) in [7, 11) is -2.14. The molecule has 1 aromatic rings. The largest absolute Gasteiger partial charge is 0.411 e. The molecule has 7 nitrogen and oxygen atoms in total. The normalized spacial score (nSPS) is 27.1. The molecule has 26 heavy (non-hydrogen) atoms. The number of aromatic nitrogens is 2. The number of ether oxygens (including phenoxy) is 1. The van der Waals surface area contributed by atoms with Crippen molar-refractivity contribution in [1.82, 2.24) is 9.55 Å². The van der Waals surface area contributed by atoms with E-state index in [9.17, 15) is 14.3 Å². The van der Waals surface area contributed by atoms with Gasteiger partial charge in [-0.1, -0.05) is 27.7 Å². The third-order valence-corrected chi connectivity index (χ3v) is 10.2. The Hall–Kier alpha value is -1.29. The highest BCUT2D eigenvalue weighted by molar-refractivity contribution is 6.74. The summed E-state index contributed by atoms with van der Waals surface area (Å²) in [6.45, 7) is 12.3. The number of aliphatic hydroxyl groups is 1. The Bertz CT molecular complexity index is 713. The maximum absolute atomic E-state index is 13.8. The fourth-order valence-electron chi connectivity index (χ4n) is 2.88. The SMILES string of the molecule is CC[C@]1(CO)O[C@@H](n2cc(F)c(N)nc2=O)C[C@@H]1O[Si](C)(C)C(C)(C)C. The number of anilines is 1. The van der Waals surface area contributed by atoms with Crippen molar-refractivity contribution >= 4 is 14.1 Å². The van der Waals surface area contributed by atoms with Gasteiger partial charge in [-0.15, -0.1) is 0 Å². The van der Waals surface area contributed by atoms with Crippen LogP contribution in [0.4, 0.5) is 10.2 Å². The zero-order chi connectivity index (χ0) is 19.9. The molecule has 0 unspecified atom stereocenters. The quantitative estimate of drug-likeness (QED) is 0.753. The zero-order valence-corrected chi connectivity index (χ0v) is 17.4. The molecule has 1 aliphatic heterocycles. The van der Waals surface area contributed by atoms with Gasteiger partial charge in [0, 0.05) is 6.42 Å². The Labute approximate surface area is 154 Å². The van der Waals surface area contributed by atoms with Gasteiger partial charge in [-0.2, -0.15) is 4.98 Å². The first-order valence-corrected chi connectivity index (χ1v) is 11.8. The minimum Gasteiger partial charge on any atom is -0.411 e. The molecule has 0 aliphatic carbocycles. The average molecular weight is 388 g/mol. The van der Waals surface area contributed by atoms with E-state index in [0.29, 0.717) is 12.8 Å². The van der Waals surface area contributed by atoms with Crippen LogP contribution >= 0.6 is 0 Å². The van der Waals surface area contributed by atoms with E-state index in [-0.39, 0.29) is 11.6 Å². The van der Waals surface area contributed by atoms with Crippen molar-refractivity contribution in [1.29, 1.82) is 0 Å². The maximum Gasteiger partial charge on any atom is 0.351 e. The third-order valence-electron chi connectivity index (χ3n) is 5.73. The molecule has 0 radical (unpaired) electrons. The Balaban J connectivity index is 2.39. The number of hydrogen-bond acceptors (Lipinski definition) is 6. The monoisotopic (exact) mass is 387 g/mol. The van der Waals surface area contributed by atoms with Crippen LogP contribution in [-0.2, 0) is 9.16 Å². The smallest absolute Gasteiger partial charge is 0.351 e. The van der Waals surface area contributed by atoms with Gasteiger partial charge >= 0.3 is 5.69 Å². The predicted molar refractivity (Wildman–Crippen MR) is 99.8 cm³/mol. The van der Waals surface area contributed by atoms with Gasteiger partial charge in [-0.3, -0.25) is 4.57 Å². The van der Waals surface area contributed by atoms with Crippen LogP contribution in [0.3, 0.4) is 0 Å². The van der Waals surface area contributed by atoms with Crippen molar-refractivity contribution in [3.05, 3.63) is 22.5 Å². The van der Waals surface area contributed by atoms with Gasteiger partial charge in [0.05, 0.1) is 18.9 Å². The van der Waals surface area contributed by atoms with Gasteiger partial charge < -0.3 is 20.0 Å². The van der Waals surface area contributed by atoms with Crippen LogP contribution in [0.15, 0.2) is 11.0 Å². The summed E-state index contributed by atoms with van der Waals surface area (Å²) >= 11 is 0. The summed E-state index contributed by atoms with van der Waals surface area (Å²) in [6.07, 6.45) is 0.648. The standard InChI is InChI=1S/C17H30FN3O4Si/c1-7-17(10-22)12(25-26(5,6)16(2,3)4)8-13(24-17)21-9-11(18)14(19)20-15(21)23/h9,12-13,22H,7-8,10H2,1-6H3,(H2,19,20,23)/t12-,13+,17+/m0/s1. The lowest BCUT2D eigenvalue weighted by Gasteiger charge is -2.42. The lowest BCUT2D eigenvalue weighted by molar-refractivity contribution is -0.127. The minimum absolute atomic E-state index is 0.0221. The minimum atomic E-state index is -2.14. The highest BCUT2D eigenvalue weighted by atomic mass is 28.4. The Morgan fingerprint density at radius 3 is 2.65 bits per heavy atom. The summed E-state index contributed by atoms with van der Waals surface area (Å²) in [5, 5.41) is 10.0. The number of aliphatic hydroxyl groups excluding tert-OH is 1. The molecule has 0 bridgehead atoms. The molecular formula is C17H30FN3O4Si. The third kappa shape index (κ3) is 3.71. The summed E-state index contributed by atoms with van der Waals surface area (Å²) in [6, 6.07) is 0. The Morgan fingerprint density at radius 1 is 1.54 bits per heavy atom. The molecule has 3 N–H and O–H groups in total. The van der Waals surface area contributed by atoms with Crippen LogP contribution in [0.2, 0.25) is 18.1 Å². The van der Waals surface area contributed by atoms with E-state index in [0.717, 1.165) is 10.8 Å². The molecule has 3 atom stereocenters. The van der Waals surface area contributed by atoms with E-state index in [1.807, 2.05) is 6.92 Å². The topological polar surface area (TPSA) is 99.6 Å². The number of rotatable bonds is 5. The summed E-state index contributed by atoms with van der Waals surface area (Å²) in [4.78, 5) is 15.6. The van der Waals surface area contributed by atoms with Crippen molar-refractivity contribution in [3.8, 4) is 0 Å². The van der Waals surface area contributed by atoms with Crippen molar-refractivity contribution in [2.24, 2.45) is 0 Å². The van der Waals surface area contributed by atoms with Gasteiger partial charge in [0.1, 0.15) is 11.8 Å². The molecule has 0 amide bonds. The number of halogens is 1. The predicted octanol–water partition coefficient (Wildman–Crippen LogP) is 2.42. The van der Waals surface area contributed by atoms with Crippen molar-refractivity contribution in [2.45, 2.75) is 76.6 Å². The second kappa shape index (κ2) is 7.03. The van der Waals surface area contributed by atoms with E-state index < -0.39 is 43.6 Å². The number of nitrogens with zero attached hydrogens (tertiary/aromatic N) is 2. The van der Waals surface area contributed by atoms with Crippen molar-refractivity contribution in [2.75, 3.05) is 12.3 Å². The van der Waals surface area contributed by atoms with Crippen molar-refractivity contribution < 1.29 is 18.7 Å². The molecule has 1 saturated heterocycles. The van der Waals surface area contributed by atoms with Gasteiger partial charge in [0.25, 0.3) is 0 Å². The van der Waals surface area contributed by atoms with Gasteiger partial charge in [0.2, 0.25) is 0 Å². The number of nitrogens with two attached hydrogens (primary N) is 1. The zero-order valence-electron chi connectivity index (χ0n) is 16.4. The second-order valence-electron chi connectivity index (χ2n) is 8.42. The molecule has 2 rings (SSSR count). The number of hydrogen-bond donors (Lipinski definition) is 2. The first-order valence-electron chi connectivity index (χ1n) is 8.87. The Morgan fingerprint density at radius 2 is 2.15 bits per heavy atom. The lowest BCUT2D eigenvalue weighted by atomic mass is 9.95. The van der Waals surface area contributed by atoms with Crippen LogP contribution in [-0.4, -0.2) is 41.3 Å². The average Bonchev–Trinajstić information content (AvgIpc) is 2.88. The van der Waals surface area contributed by atoms with Gasteiger partial charge in [-0.05, 0) is 24.6 Å². The molecule has 2 heterocycles. The van der Waals surface area contributed by atoms with E-state index in [1.54, 1.807) is 0 Å². The fraction of sp³-hybridized carbons (Fsp3) is 0.765. The van der Waals surface area contributed by atoms with Crippen LogP contribution in [0.5, 0.6) is 0 Å². The second-order valence-corrected chi connectivity index (χ2v) is 13.2. The van der Waals surface area contributed by atoms with E-state index >= 15 is 0 Å². The molecule has 1 aromatic heterocycles. The lowest BCUT2D eigenvalue weighted by Crippen LogP contribution is -2.52. The molecular weight excluding hydrogens is 357 g/mol. The maximum atomic E-state index is 13.8. The van der Waals surface area contributed by atoms with Gasteiger partial charge in [-0.25, -0.2) is 9.18 Å². The molecule has 0 aromatic carbocycles. The first kappa shape index (κ1) is 21.0. The summed E-state index contributed by atoms with van der Waals surface area (Å²) in [5.74, 6) is -1.23. The van der Waals surface area contributed by atoms with E-state index in [1.165, 1.54) is 0 Å². The summed E-state index contributed by atoms with van der Waals surface area (Å²) in [5.41, 5.74) is 3.72. The molecule has 148 valence electrons. The number of nitrogen functional groups attached to an aromatic ring is 1. The Kier molecular flexibility index (Phi) is 5.68. The van der Waals surface area contributed by atoms with E-state index in [2.05, 4.69) is 38.8 Å².